The van der Waals surface area contributed by atoms with Crippen LogP contribution in [0, 0.1) is 5.92 Å². The maximum absolute atomic E-state index is 12.0. The molecular formula is C12H14N2O2. The van der Waals surface area contributed by atoms with Crippen LogP contribution in [0.15, 0.2) is 35.4 Å². The molecule has 0 aliphatic rings. The van der Waals surface area contributed by atoms with Crippen LogP contribution < -0.4 is 5.56 Å². The smallest absolute Gasteiger partial charge is 0.261 e. The van der Waals surface area contributed by atoms with E-state index in [2.05, 4.69) is 4.98 Å². The van der Waals surface area contributed by atoms with Gasteiger partial charge >= 0.3 is 0 Å². The van der Waals surface area contributed by atoms with Crippen LogP contribution in [0.2, 0.25) is 0 Å². The Balaban J connectivity index is 2.49. The molecule has 1 heterocycles. The summed E-state index contributed by atoms with van der Waals surface area (Å²) in [6.07, 6.45) is 1.54. The first kappa shape index (κ1) is 10.8. The van der Waals surface area contributed by atoms with Gasteiger partial charge in [0.15, 0.2) is 0 Å². The molecule has 0 radical (unpaired) electrons. The van der Waals surface area contributed by atoms with Gasteiger partial charge in [-0.25, -0.2) is 4.98 Å². The SMILES string of the molecule is CC(CO)Cn1cnc2ccccc2c1=O. The predicted molar refractivity (Wildman–Crippen MR) is 62.3 cm³/mol. The van der Waals surface area contributed by atoms with Crippen molar-refractivity contribution < 1.29 is 5.11 Å². The molecule has 0 fully saturated rings. The number of aromatic nitrogens is 2. The van der Waals surface area contributed by atoms with Gasteiger partial charge in [-0.2, -0.15) is 0 Å². The van der Waals surface area contributed by atoms with Crippen molar-refractivity contribution >= 4 is 10.9 Å². The standard InChI is InChI=1S/C12H14N2O2/c1-9(7-15)6-14-8-13-11-5-3-2-4-10(11)12(14)16/h2-5,8-9,15H,6-7H2,1H3. The highest BCUT2D eigenvalue weighted by molar-refractivity contribution is 5.76. The monoisotopic (exact) mass is 218 g/mol. The van der Waals surface area contributed by atoms with Gasteiger partial charge in [0.05, 0.1) is 17.2 Å². The minimum absolute atomic E-state index is 0.0501. The van der Waals surface area contributed by atoms with Gasteiger partial charge in [-0.3, -0.25) is 9.36 Å². The molecule has 84 valence electrons. The average Bonchev–Trinajstić information content (AvgIpc) is 2.33. The quantitative estimate of drug-likeness (QED) is 0.837. The number of aliphatic hydroxyl groups excluding tert-OH is 1. The maximum Gasteiger partial charge on any atom is 0.261 e. The summed E-state index contributed by atoms with van der Waals surface area (Å²) in [6.45, 7) is 2.45. The van der Waals surface area contributed by atoms with Crippen LogP contribution >= 0.6 is 0 Å². The third-order valence-electron chi connectivity index (χ3n) is 2.55. The second-order valence-electron chi connectivity index (χ2n) is 4.01. The molecule has 4 nitrogen and oxygen atoms in total. The molecule has 2 rings (SSSR count). The van der Waals surface area contributed by atoms with Crippen molar-refractivity contribution in [2.45, 2.75) is 13.5 Å². The summed E-state index contributed by atoms with van der Waals surface area (Å²) in [5.41, 5.74) is 0.659. The number of nitrogens with zero attached hydrogens (tertiary/aromatic N) is 2. The zero-order chi connectivity index (χ0) is 11.5. The van der Waals surface area contributed by atoms with Crippen LogP contribution in [0.5, 0.6) is 0 Å². The van der Waals surface area contributed by atoms with Crippen LogP contribution in [-0.2, 0) is 6.54 Å². The summed E-state index contributed by atoms with van der Waals surface area (Å²) in [4.78, 5) is 16.2. The Hall–Kier alpha value is -1.68. The first-order chi connectivity index (χ1) is 7.72. The lowest BCUT2D eigenvalue weighted by atomic mass is 10.2. The minimum Gasteiger partial charge on any atom is -0.396 e. The molecule has 16 heavy (non-hydrogen) atoms. The number of hydrogen-bond donors (Lipinski definition) is 1. The Kier molecular flexibility index (Phi) is 3.01. The van der Waals surface area contributed by atoms with Crippen LogP contribution in [0.3, 0.4) is 0 Å². The van der Waals surface area contributed by atoms with Crippen molar-refractivity contribution in [2.24, 2.45) is 5.92 Å². The summed E-state index contributed by atoms with van der Waals surface area (Å²) in [5.74, 6) is 0.0562. The number of para-hydroxylation sites is 1. The second kappa shape index (κ2) is 4.45. The zero-order valence-corrected chi connectivity index (χ0v) is 9.13. The van der Waals surface area contributed by atoms with Gasteiger partial charge in [0, 0.05) is 13.2 Å². The van der Waals surface area contributed by atoms with E-state index in [4.69, 9.17) is 5.11 Å². The Bertz CT molecular complexity index is 548. The molecule has 4 heteroatoms. The first-order valence-corrected chi connectivity index (χ1v) is 5.27. The van der Waals surface area contributed by atoms with Gasteiger partial charge in [0.25, 0.3) is 5.56 Å². The first-order valence-electron chi connectivity index (χ1n) is 5.27. The normalized spacial score (nSPS) is 12.9. The predicted octanol–water partition coefficient (Wildman–Crippen LogP) is 1.02. The summed E-state index contributed by atoms with van der Waals surface area (Å²) < 4.78 is 1.54. The summed E-state index contributed by atoms with van der Waals surface area (Å²) >= 11 is 0. The molecule has 0 bridgehead atoms. The van der Waals surface area contributed by atoms with Gasteiger partial charge < -0.3 is 5.11 Å². The lowest BCUT2D eigenvalue weighted by molar-refractivity contribution is 0.221. The average molecular weight is 218 g/mol. The molecule has 0 aliphatic carbocycles. The molecule has 1 N–H and O–H groups in total. The fraction of sp³-hybridized carbons (Fsp3) is 0.333. The number of fused-ring (bicyclic) bond motifs is 1. The highest BCUT2D eigenvalue weighted by Crippen LogP contribution is 2.05. The third kappa shape index (κ3) is 1.97. The molecule has 0 saturated heterocycles. The molecule has 0 saturated carbocycles. The zero-order valence-electron chi connectivity index (χ0n) is 9.13. The fourth-order valence-electron chi connectivity index (χ4n) is 1.63. The Labute approximate surface area is 93.2 Å². The summed E-state index contributed by atoms with van der Waals surface area (Å²) in [6, 6.07) is 7.27. The van der Waals surface area contributed by atoms with E-state index in [1.54, 1.807) is 10.6 Å². The molecule has 0 aliphatic heterocycles. The Morgan fingerprint density at radius 3 is 2.94 bits per heavy atom. The number of rotatable bonds is 3. The summed E-state index contributed by atoms with van der Waals surface area (Å²) in [7, 11) is 0. The third-order valence-corrected chi connectivity index (χ3v) is 2.55. The van der Waals surface area contributed by atoms with Crippen LogP contribution in [0.4, 0.5) is 0 Å². The van der Waals surface area contributed by atoms with E-state index in [-0.39, 0.29) is 18.1 Å². The molecule has 1 aromatic heterocycles. The topological polar surface area (TPSA) is 55.1 Å². The molecule has 2 aromatic rings. The van der Waals surface area contributed by atoms with E-state index < -0.39 is 0 Å². The number of hydrogen-bond acceptors (Lipinski definition) is 3. The van der Waals surface area contributed by atoms with E-state index in [9.17, 15) is 4.79 Å². The van der Waals surface area contributed by atoms with Crippen LogP contribution in [0.1, 0.15) is 6.92 Å². The van der Waals surface area contributed by atoms with Crippen molar-refractivity contribution in [3.05, 3.63) is 40.9 Å². The van der Waals surface area contributed by atoms with Gasteiger partial charge in [-0.1, -0.05) is 19.1 Å². The Morgan fingerprint density at radius 1 is 1.44 bits per heavy atom. The largest absolute Gasteiger partial charge is 0.396 e. The maximum atomic E-state index is 12.0. The Morgan fingerprint density at radius 2 is 2.19 bits per heavy atom. The highest BCUT2D eigenvalue weighted by Gasteiger charge is 2.06. The van der Waals surface area contributed by atoms with Crippen molar-refractivity contribution in [1.82, 2.24) is 9.55 Å². The molecule has 1 unspecified atom stereocenters. The number of benzene rings is 1. The lowest BCUT2D eigenvalue weighted by Crippen LogP contribution is -2.24. The van der Waals surface area contributed by atoms with Crippen LogP contribution in [-0.4, -0.2) is 21.3 Å². The fourth-order valence-corrected chi connectivity index (χ4v) is 1.63. The lowest BCUT2D eigenvalue weighted by Gasteiger charge is -2.10. The van der Waals surface area contributed by atoms with Crippen molar-refractivity contribution in [2.75, 3.05) is 6.61 Å². The van der Waals surface area contributed by atoms with Gasteiger partial charge in [-0.15, -0.1) is 0 Å². The van der Waals surface area contributed by atoms with E-state index in [1.165, 1.54) is 6.33 Å². The second-order valence-corrected chi connectivity index (χ2v) is 4.01. The van der Waals surface area contributed by atoms with Gasteiger partial charge in [0.2, 0.25) is 0 Å². The van der Waals surface area contributed by atoms with Crippen molar-refractivity contribution in [3.63, 3.8) is 0 Å². The highest BCUT2D eigenvalue weighted by atomic mass is 16.3. The van der Waals surface area contributed by atoms with E-state index in [0.29, 0.717) is 17.4 Å². The van der Waals surface area contributed by atoms with Crippen LogP contribution in [0.25, 0.3) is 10.9 Å². The minimum atomic E-state index is -0.0501. The molecular weight excluding hydrogens is 204 g/mol. The molecule has 1 aromatic carbocycles. The van der Waals surface area contributed by atoms with Gasteiger partial charge in [0.1, 0.15) is 0 Å². The molecule has 0 amide bonds. The van der Waals surface area contributed by atoms with E-state index >= 15 is 0 Å². The molecule has 0 spiro atoms. The number of aliphatic hydroxyl groups is 1. The van der Waals surface area contributed by atoms with E-state index in [0.717, 1.165) is 0 Å². The summed E-state index contributed by atoms with van der Waals surface area (Å²) in [5, 5.41) is 9.58. The van der Waals surface area contributed by atoms with Gasteiger partial charge in [-0.05, 0) is 18.1 Å². The molecule has 1 atom stereocenters. The van der Waals surface area contributed by atoms with Crippen molar-refractivity contribution in [3.8, 4) is 0 Å². The van der Waals surface area contributed by atoms with Crippen molar-refractivity contribution in [1.29, 1.82) is 0 Å². The van der Waals surface area contributed by atoms with E-state index in [1.807, 2.05) is 25.1 Å².